The summed E-state index contributed by atoms with van der Waals surface area (Å²) in [5, 5.41) is 0.751. The van der Waals surface area contributed by atoms with Gasteiger partial charge in [-0.05, 0) is 17.7 Å². The van der Waals surface area contributed by atoms with Crippen LogP contribution < -0.4 is 0 Å². The zero-order valence-electron chi connectivity index (χ0n) is 8.33. The molecule has 74 valence electrons. The van der Waals surface area contributed by atoms with Crippen molar-refractivity contribution in [3.05, 3.63) is 34.9 Å². The first kappa shape index (κ1) is 9.72. The van der Waals surface area contributed by atoms with E-state index in [1.165, 1.54) is 5.56 Å². The fourth-order valence-electron chi connectivity index (χ4n) is 2.37. The number of Topliss-reactive ketones (excluding diaryl/α,β-unsaturated/α-hetero) is 1. The fourth-order valence-corrected chi connectivity index (χ4v) is 2.57. The van der Waals surface area contributed by atoms with E-state index in [0.717, 1.165) is 5.02 Å². The highest BCUT2D eigenvalue weighted by Gasteiger charge is 2.44. The summed E-state index contributed by atoms with van der Waals surface area (Å²) < 4.78 is 0. The molecule has 14 heavy (non-hydrogen) atoms. The van der Waals surface area contributed by atoms with Crippen molar-refractivity contribution in [1.29, 1.82) is 0 Å². The molecule has 1 nitrogen and oxygen atoms in total. The smallest absolute Gasteiger partial charge is 0.139 e. The zero-order chi connectivity index (χ0) is 10.3. The Morgan fingerprint density at radius 1 is 1.21 bits per heavy atom. The van der Waals surface area contributed by atoms with Crippen LogP contribution in [0.1, 0.15) is 25.3 Å². The number of rotatable bonds is 1. The molecule has 0 heterocycles. The molecule has 0 aliphatic heterocycles. The molecule has 2 unspecified atom stereocenters. The van der Waals surface area contributed by atoms with Crippen molar-refractivity contribution in [1.82, 2.24) is 0 Å². The minimum Gasteiger partial charge on any atom is -0.299 e. The van der Waals surface area contributed by atoms with Crippen molar-refractivity contribution in [2.75, 3.05) is 0 Å². The van der Waals surface area contributed by atoms with Crippen LogP contribution in [0.4, 0.5) is 0 Å². The first-order valence-corrected chi connectivity index (χ1v) is 5.28. The second-order valence-electron chi connectivity index (χ2n) is 4.06. The Kier molecular flexibility index (Phi) is 2.36. The van der Waals surface area contributed by atoms with E-state index in [9.17, 15) is 4.79 Å². The van der Waals surface area contributed by atoms with Crippen molar-refractivity contribution >= 4 is 17.4 Å². The SMILES string of the molecule is CC1C(=O)C(C)C1c1cccc(Cl)c1. The Bertz CT molecular complexity index is 360. The van der Waals surface area contributed by atoms with Gasteiger partial charge in [-0.15, -0.1) is 0 Å². The molecule has 1 aliphatic rings. The van der Waals surface area contributed by atoms with E-state index in [-0.39, 0.29) is 11.8 Å². The molecule has 0 radical (unpaired) electrons. The quantitative estimate of drug-likeness (QED) is 0.692. The van der Waals surface area contributed by atoms with Crippen LogP contribution in [0.5, 0.6) is 0 Å². The predicted octanol–water partition coefficient (Wildman–Crippen LogP) is 3.28. The van der Waals surface area contributed by atoms with Crippen LogP contribution in [-0.4, -0.2) is 5.78 Å². The van der Waals surface area contributed by atoms with Crippen molar-refractivity contribution < 1.29 is 4.79 Å². The molecule has 1 saturated carbocycles. The summed E-state index contributed by atoms with van der Waals surface area (Å²) >= 11 is 5.92. The molecule has 0 N–H and O–H groups in total. The number of carbonyl (C=O) groups excluding carboxylic acids is 1. The van der Waals surface area contributed by atoms with Gasteiger partial charge >= 0.3 is 0 Å². The number of ketones is 1. The number of halogens is 1. The Labute approximate surface area is 89.1 Å². The van der Waals surface area contributed by atoms with Gasteiger partial charge in [0.15, 0.2) is 0 Å². The number of hydrogen-bond donors (Lipinski definition) is 0. The monoisotopic (exact) mass is 208 g/mol. The molecule has 0 amide bonds. The third kappa shape index (κ3) is 1.36. The Balaban J connectivity index is 2.28. The molecule has 0 spiro atoms. The summed E-state index contributed by atoms with van der Waals surface area (Å²) in [5.41, 5.74) is 1.19. The van der Waals surface area contributed by atoms with Crippen molar-refractivity contribution in [2.24, 2.45) is 11.8 Å². The lowest BCUT2D eigenvalue weighted by atomic mass is 9.62. The van der Waals surface area contributed by atoms with Crippen molar-refractivity contribution in [2.45, 2.75) is 19.8 Å². The average molecular weight is 209 g/mol. The molecule has 0 bridgehead atoms. The summed E-state index contributed by atoms with van der Waals surface area (Å²) in [7, 11) is 0. The van der Waals surface area contributed by atoms with E-state index >= 15 is 0 Å². The lowest BCUT2D eigenvalue weighted by molar-refractivity contribution is -0.136. The molecular weight excluding hydrogens is 196 g/mol. The van der Waals surface area contributed by atoms with Crippen molar-refractivity contribution in [3.8, 4) is 0 Å². The maximum Gasteiger partial charge on any atom is 0.139 e. The predicted molar refractivity (Wildman–Crippen MR) is 57.5 cm³/mol. The van der Waals surface area contributed by atoms with Crippen LogP contribution in [0.15, 0.2) is 24.3 Å². The summed E-state index contributed by atoms with van der Waals surface area (Å²) in [4.78, 5) is 11.4. The van der Waals surface area contributed by atoms with Gasteiger partial charge in [0, 0.05) is 22.8 Å². The highest BCUT2D eigenvalue weighted by atomic mass is 35.5. The Hall–Kier alpha value is -0.820. The number of benzene rings is 1. The van der Waals surface area contributed by atoms with Crippen LogP contribution in [0.3, 0.4) is 0 Å². The highest BCUT2D eigenvalue weighted by Crippen LogP contribution is 2.44. The molecule has 2 heteroatoms. The zero-order valence-corrected chi connectivity index (χ0v) is 9.08. The lowest BCUT2D eigenvalue weighted by Crippen LogP contribution is -2.42. The van der Waals surface area contributed by atoms with E-state index in [0.29, 0.717) is 11.7 Å². The standard InChI is InChI=1S/C12H13ClO/c1-7-11(8(2)12(7)14)9-4-3-5-10(13)6-9/h3-8,11H,1-2H3. The Morgan fingerprint density at radius 2 is 1.86 bits per heavy atom. The largest absolute Gasteiger partial charge is 0.299 e. The van der Waals surface area contributed by atoms with Gasteiger partial charge in [0.2, 0.25) is 0 Å². The fraction of sp³-hybridized carbons (Fsp3) is 0.417. The molecule has 1 aromatic carbocycles. The normalized spacial score (nSPS) is 31.4. The first-order chi connectivity index (χ1) is 6.61. The van der Waals surface area contributed by atoms with Crippen molar-refractivity contribution in [3.63, 3.8) is 0 Å². The minimum absolute atomic E-state index is 0.156. The second-order valence-corrected chi connectivity index (χ2v) is 4.50. The maximum atomic E-state index is 11.4. The lowest BCUT2D eigenvalue weighted by Gasteiger charge is -2.39. The first-order valence-electron chi connectivity index (χ1n) is 4.90. The molecular formula is C12H13ClO. The van der Waals surface area contributed by atoms with Crippen LogP contribution >= 0.6 is 11.6 Å². The molecule has 2 atom stereocenters. The van der Waals surface area contributed by atoms with Crippen LogP contribution in [-0.2, 0) is 4.79 Å². The van der Waals surface area contributed by atoms with Gasteiger partial charge in [-0.3, -0.25) is 4.79 Å². The third-order valence-electron chi connectivity index (χ3n) is 3.21. The summed E-state index contributed by atoms with van der Waals surface area (Å²) in [6, 6.07) is 7.82. The van der Waals surface area contributed by atoms with Crippen LogP contribution in [0.25, 0.3) is 0 Å². The van der Waals surface area contributed by atoms with Gasteiger partial charge < -0.3 is 0 Å². The summed E-state index contributed by atoms with van der Waals surface area (Å²) in [5.74, 6) is 1.04. The highest BCUT2D eigenvalue weighted by molar-refractivity contribution is 6.30. The van der Waals surface area contributed by atoms with Gasteiger partial charge in [0.05, 0.1) is 0 Å². The molecule has 1 aromatic rings. The summed E-state index contributed by atoms with van der Waals surface area (Å²) in [6.45, 7) is 3.99. The molecule has 0 aromatic heterocycles. The molecule has 0 saturated heterocycles. The topological polar surface area (TPSA) is 17.1 Å². The van der Waals surface area contributed by atoms with E-state index in [4.69, 9.17) is 11.6 Å². The number of carbonyl (C=O) groups is 1. The van der Waals surface area contributed by atoms with Gasteiger partial charge in [0.1, 0.15) is 5.78 Å². The van der Waals surface area contributed by atoms with Crippen LogP contribution in [0, 0.1) is 11.8 Å². The summed E-state index contributed by atoms with van der Waals surface area (Å²) in [6.07, 6.45) is 0. The van der Waals surface area contributed by atoms with Gasteiger partial charge in [-0.25, -0.2) is 0 Å². The average Bonchev–Trinajstić information content (AvgIpc) is 2.18. The third-order valence-corrected chi connectivity index (χ3v) is 3.44. The maximum absolute atomic E-state index is 11.4. The van der Waals surface area contributed by atoms with Gasteiger partial charge in [-0.2, -0.15) is 0 Å². The van der Waals surface area contributed by atoms with Gasteiger partial charge in [-0.1, -0.05) is 37.6 Å². The van der Waals surface area contributed by atoms with Gasteiger partial charge in [0.25, 0.3) is 0 Å². The van der Waals surface area contributed by atoms with E-state index < -0.39 is 0 Å². The minimum atomic E-state index is 0.156. The number of hydrogen-bond acceptors (Lipinski definition) is 1. The van der Waals surface area contributed by atoms with Crippen LogP contribution in [0.2, 0.25) is 5.02 Å². The second kappa shape index (κ2) is 3.39. The van der Waals surface area contributed by atoms with E-state index in [1.54, 1.807) is 0 Å². The molecule has 2 rings (SSSR count). The Morgan fingerprint density at radius 3 is 2.43 bits per heavy atom. The molecule has 1 fully saturated rings. The molecule has 1 aliphatic carbocycles. The van der Waals surface area contributed by atoms with E-state index in [1.807, 2.05) is 32.0 Å². The van der Waals surface area contributed by atoms with E-state index in [2.05, 4.69) is 6.07 Å².